The summed E-state index contributed by atoms with van der Waals surface area (Å²) in [5.74, 6) is 1.12. The molecule has 1 aromatic carbocycles. The molecule has 30 heavy (non-hydrogen) atoms. The largest absolute Gasteiger partial charge is 0.342 e. The molecule has 5 rings (SSSR count). The molecule has 1 saturated heterocycles. The number of likely N-dealkylation sites (tertiary alicyclic amines) is 1. The fourth-order valence-corrected chi connectivity index (χ4v) is 4.30. The van der Waals surface area contributed by atoms with E-state index in [0.29, 0.717) is 24.6 Å². The second kappa shape index (κ2) is 7.34. The summed E-state index contributed by atoms with van der Waals surface area (Å²) < 4.78 is 1.70. The summed E-state index contributed by atoms with van der Waals surface area (Å²) >= 11 is 0. The molecule has 2 aliphatic rings. The number of piperidine rings is 1. The number of rotatable bonds is 4. The predicted octanol–water partition coefficient (Wildman–Crippen LogP) is 2.30. The second-order valence-electron chi connectivity index (χ2n) is 8.70. The molecule has 8 heteroatoms. The molecule has 1 aliphatic carbocycles. The number of amides is 1. The molecule has 3 aromatic rings. The molecule has 2 aromatic heterocycles. The van der Waals surface area contributed by atoms with Gasteiger partial charge in [-0.1, -0.05) is 29.0 Å². The van der Waals surface area contributed by atoms with Gasteiger partial charge in [0.1, 0.15) is 5.82 Å². The topological polar surface area (TPSA) is 96.8 Å². The first-order valence-electron chi connectivity index (χ1n) is 10.7. The van der Waals surface area contributed by atoms with E-state index in [2.05, 4.69) is 47.3 Å². The van der Waals surface area contributed by atoms with Crippen LogP contribution in [0.3, 0.4) is 0 Å². The van der Waals surface area contributed by atoms with Crippen molar-refractivity contribution < 1.29 is 4.79 Å². The molecule has 0 spiro atoms. The van der Waals surface area contributed by atoms with E-state index in [9.17, 15) is 9.59 Å². The lowest BCUT2D eigenvalue weighted by Crippen LogP contribution is -2.40. The van der Waals surface area contributed by atoms with Crippen molar-refractivity contribution in [3.05, 3.63) is 51.1 Å². The van der Waals surface area contributed by atoms with Crippen molar-refractivity contribution in [3.63, 3.8) is 0 Å². The molecule has 1 N–H and O–H groups in total. The zero-order valence-corrected chi connectivity index (χ0v) is 17.4. The van der Waals surface area contributed by atoms with Gasteiger partial charge in [-0.15, -0.1) is 5.10 Å². The van der Waals surface area contributed by atoms with Crippen LogP contribution in [0.15, 0.2) is 23.0 Å². The summed E-state index contributed by atoms with van der Waals surface area (Å²) in [6.07, 6.45) is 3.83. The zero-order chi connectivity index (χ0) is 20.8. The van der Waals surface area contributed by atoms with Crippen molar-refractivity contribution in [3.8, 4) is 0 Å². The number of aromatic amines is 1. The van der Waals surface area contributed by atoms with Crippen molar-refractivity contribution >= 4 is 17.1 Å². The number of nitrogens with zero attached hydrogens (tertiary/aromatic N) is 5. The van der Waals surface area contributed by atoms with Crippen molar-refractivity contribution in [2.75, 3.05) is 13.1 Å². The third-order valence-corrected chi connectivity index (χ3v) is 6.26. The van der Waals surface area contributed by atoms with Gasteiger partial charge in [0.2, 0.25) is 5.91 Å². The summed E-state index contributed by atoms with van der Waals surface area (Å²) in [6.45, 7) is 6.04. The van der Waals surface area contributed by atoms with Crippen LogP contribution in [0.5, 0.6) is 0 Å². The third kappa shape index (κ3) is 3.51. The summed E-state index contributed by atoms with van der Waals surface area (Å²) in [5.41, 5.74) is 3.95. The lowest BCUT2D eigenvalue weighted by atomic mass is 9.96. The van der Waals surface area contributed by atoms with E-state index in [4.69, 9.17) is 4.98 Å². The molecular formula is C22H26N6O2. The highest BCUT2D eigenvalue weighted by Gasteiger charge is 2.36. The average Bonchev–Trinajstić information content (AvgIpc) is 3.52. The van der Waals surface area contributed by atoms with Crippen molar-refractivity contribution in [1.29, 1.82) is 0 Å². The Morgan fingerprint density at radius 1 is 1.23 bits per heavy atom. The number of fused-ring (bicyclic) bond motifs is 1. The highest BCUT2D eigenvalue weighted by Crippen LogP contribution is 2.33. The fraction of sp³-hybridized carbons (Fsp3) is 0.500. The monoisotopic (exact) mass is 406 g/mol. The Morgan fingerprint density at radius 3 is 2.87 bits per heavy atom. The van der Waals surface area contributed by atoms with Gasteiger partial charge < -0.3 is 9.88 Å². The Labute approximate surface area is 174 Å². The minimum Gasteiger partial charge on any atom is -0.342 e. The molecule has 156 valence electrons. The van der Waals surface area contributed by atoms with Crippen molar-refractivity contribution in [2.24, 2.45) is 5.92 Å². The van der Waals surface area contributed by atoms with Crippen LogP contribution in [0.1, 0.15) is 54.1 Å². The smallest absolute Gasteiger partial charge is 0.281 e. The number of hydrogen-bond donors (Lipinski definition) is 1. The molecule has 1 atom stereocenters. The van der Waals surface area contributed by atoms with E-state index in [-0.39, 0.29) is 28.8 Å². The normalized spacial score (nSPS) is 19.4. The van der Waals surface area contributed by atoms with E-state index in [1.54, 1.807) is 4.68 Å². The number of carbonyl (C=O) groups excluding carboxylic acids is 1. The van der Waals surface area contributed by atoms with E-state index >= 15 is 0 Å². The first-order valence-corrected chi connectivity index (χ1v) is 10.7. The Bertz CT molecular complexity index is 1180. The minimum atomic E-state index is -0.271. The number of aromatic nitrogens is 5. The van der Waals surface area contributed by atoms with Gasteiger partial charge in [0, 0.05) is 24.9 Å². The Kier molecular flexibility index (Phi) is 4.64. The fourth-order valence-electron chi connectivity index (χ4n) is 4.30. The second-order valence-corrected chi connectivity index (χ2v) is 8.70. The van der Waals surface area contributed by atoms with Gasteiger partial charge in [-0.05, 0) is 50.7 Å². The molecular weight excluding hydrogens is 380 g/mol. The summed E-state index contributed by atoms with van der Waals surface area (Å²) in [7, 11) is 0. The van der Waals surface area contributed by atoms with Crippen LogP contribution in [-0.2, 0) is 11.3 Å². The van der Waals surface area contributed by atoms with Crippen LogP contribution in [0.2, 0.25) is 0 Å². The van der Waals surface area contributed by atoms with Gasteiger partial charge in [0.05, 0.1) is 6.54 Å². The lowest BCUT2D eigenvalue weighted by Gasteiger charge is -2.32. The summed E-state index contributed by atoms with van der Waals surface area (Å²) in [5, 5.41) is 8.27. The molecule has 0 unspecified atom stereocenters. The Hall–Kier alpha value is -3.03. The molecule has 3 heterocycles. The molecule has 0 radical (unpaired) electrons. The number of hydrogen-bond acceptors (Lipinski definition) is 5. The maximum Gasteiger partial charge on any atom is 0.281 e. The molecule has 1 aliphatic heterocycles. The van der Waals surface area contributed by atoms with Crippen LogP contribution in [0, 0.1) is 19.8 Å². The summed E-state index contributed by atoms with van der Waals surface area (Å²) in [6, 6.07) is 6.29. The van der Waals surface area contributed by atoms with Gasteiger partial charge in [0.25, 0.3) is 5.56 Å². The zero-order valence-electron chi connectivity index (χ0n) is 17.4. The molecule has 8 nitrogen and oxygen atoms in total. The van der Waals surface area contributed by atoms with E-state index in [1.165, 1.54) is 5.56 Å². The van der Waals surface area contributed by atoms with Gasteiger partial charge in [-0.2, -0.15) is 0 Å². The van der Waals surface area contributed by atoms with Crippen LogP contribution in [0.25, 0.3) is 11.2 Å². The molecule has 2 fully saturated rings. The number of nitrogens with one attached hydrogen (secondary N) is 1. The van der Waals surface area contributed by atoms with Crippen LogP contribution in [0.4, 0.5) is 0 Å². The van der Waals surface area contributed by atoms with Gasteiger partial charge in [-0.25, -0.2) is 9.67 Å². The van der Waals surface area contributed by atoms with E-state index in [1.807, 2.05) is 4.90 Å². The standard InChI is InChI=1S/C22H26N6O2/c1-13-5-6-14(2)17(10-13)12-28-20-18(25-26-28)21(29)24-19(23-20)16-4-3-9-27(11-16)22(30)15-7-8-15/h5-6,10,15-16H,3-4,7-9,11-12H2,1-2H3,(H,23,24,29)/t16-/m0/s1. The van der Waals surface area contributed by atoms with E-state index < -0.39 is 0 Å². The van der Waals surface area contributed by atoms with Gasteiger partial charge in [0.15, 0.2) is 11.2 Å². The average molecular weight is 406 g/mol. The number of benzene rings is 1. The van der Waals surface area contributed by atoms with Crippen LogP contribution in [-0.4, -0.2) is 48.9 Å². The molecule has 1 amide bonds. The lowest BCUT2D eigenvalue weighted by molar-refractivity contribution is -0.133. The third-order valence-electron chi connectivity index (χ3n) is 6.26. The van der Waals surface area contributed by atoms with E-state index in [0.717, 1.165) is 43.4 Å². The van der Waals surface area contributed by atoms with Crippen LogP contribution < -0.4 is 5.56 Å². The number of aryl methyl sites for hydroxylation is 2. The molecule has 0 bridgehead atoms. The molecule has 1 saturated carbocycles. The SMILES string of the molecule is Cc1ccc(C)c(Cn2nnc3c(=O)[nH]c([C@H]4CCCN(C(=O)C5CC5)C4)nc32)c1. The first-order chi connectivity index (χ1) is 14.5. The van der Waals surface area contributed by atoms with Gasteiger partial charge in [-0.3, -0.25) is 9.59 Å². The highest BCUT2D eigenvalue weighted by molar-refractivity contribution is 5.81. The van der Waals surface area contributed by atoms with Gasteiger partial charge >= 0.3 is 0 Å². The summed E-state index contributed by atoms with van der Waals surface area (Å²) in [4.78, 5) is 34.8. The van der Waals surface area contributed by atoms with Crippen molar-refractivity contribution in [1.82, 2.24) is 29.9 Å². The maximum absolute atomic E-state index is 12.7. The quantitative estimate of drug-likeness (QED) is 0.717. The van der Waals surface area contributed by atoms with Crippen molar-refractivity contribution in [2.45, 2.75) is 52.0 Å². The predicted molar refractivity (Wildman–Crippen MR) is 112 cm³/mol. The first kappa shape index (κ1) is 19.0. The Morgan fingerprint density at radius 2 is 2.07 bits per heavy atom. The highest BCUT2D eigenvalue weighted by atomic mass is 16.2. The maximum atomic E-state index is 12.7. The number of H-pyrrole nitrogens is 1. The Balaban J connectivity index is 1.47. The van der Waals surface area contributed by atoms with Crippen LogP contribution >= 0.6 is 0 Å². The minimum absolute atomic E-state index is 0.0302. The number of carbonyl (C=O) groups is 1.